The van der Waals surface area contributed by atoms with E-state index in [2.05, 4.69) is 40.7 Å². The Hall–Kier alpha value is -2.44. The number of pyridine rings is 1. The van der Waals surface area contributed by atoms with Crippen molar-refractivity contribution in [3.63, 3.8) is 0 Å². The van der Waals surface area contributed by atoms with Crippen molar-refractivity contribution < 1.29 is 14.3 Å². The normalized spacial score (nSPS) is 14.6. The minimum atomic E-state index is -0.522. The van der Waals surface area contributed by atoms with Crippen molar-refractivity contribution >= 4 is 6.09 Å². The summed E-state index contributed by atoms with van der Waals surface area (Å²) in [7, 11) is 1.71. The maximum Gasteiger partial charge on any atom is 0.407 e. The van der Waals surface area contributed by atoms with Crippen LogP contribution in [0.15, 0.2) is 54.9 Å². The van der Waals surface area contributed by atoms with Crippen LogP contribution in [0.1, 0.15) is 38.8 Å². The molecule has 164 valence electrons. The van der Waals surface area contributed by atoms with E-state index in [1.807, 2.05) is 51.2 Å². The van der Waals surface area contributed by atoms with E-state index in [4.69, 9.17) is 9.47 Å². The molecule has 0 fully saturated rings. The topological polar surface area (TPSA) is 72.5 Å². The molecule has 0 bridgehead atoms. The zero-order chi connectivity index (χ0) is 22.0. The molecule has 0 aliphatic rings. The van der Waals surface area contributed by atoms with Crippen LogP contribution in [0.3, 0.4) is 0 Å². The maximum atomic E-state index is 12.2. The number of hydrogen-bond acceptors (Lipinski definition) is 5. The van der Waals surface area contributed by atoms with Gasteiger partial charge in [-0.1, -0.05) is 36.4 Å². The monoisotopic (exact) mass is 413 g/mol. The summed E-state index contributed by atoms with van der Waals surface area (Å²) >= 11 is 0. The van der Waals surface area contributed by atoms with Gasteiger partial charge in [0.05, 0.1) is 12.1 Å². The van der Waals surface area contributed by atoms with E-state index in [0.29, 0.717) is 19.7 Å². The predicted octanol–water partition coefficient (Wildman–Crippen LogP) is 3.92. The van der Waals surface area contributed by atoms with Crippen molar-refractivity contribution in [3.05, 3.63) is 66.0 Å². The number of alkyl carbamates (subject to hydrolysis) is 1. The summed E-state index contributed by atoms with van der Waals surface area (Å²) in [6, 6.07) is 14.2. The molecule has 2 unspecified atom stereocenters. The van der Waals surface area contributed by atoms with Gasteiger partial charge in [-0.25, -0.2) is 4.79 Å². The lowest BCUT2D eigenvalue weighted by Crippen LogP contribution is -2.47. The number of ether oxygens (including phenoxy) is 2. The lowest BCUT2D eigenvalue weighted by molar-refractivity contribution is 0.0517. The van der Waals surface area contributed by atoms with E-state index in [9.17, 15) is 4.79 Å². The molecule has 1 amide bonds. The zero-order valence-corrected chi connectivity index (χ0v) is 18.8. The van der Waals surface area contributed by atoms with Crippen LogP contribution in [0.25, 0.3) is 0 Å². The molecule has 0 radical (unpaired) electrons. The van der Waals surface area contributed by atoms with Gasteiger partial charge in [0.15, 0.2) is 0 Å². The number of nitrogens with one attached hydrogen (secondary N) is 2. The van der Waals surface area contributed by atoms with Gasteiger partial charge < -0.3 is 20.1 Å². The van der Waals surface area contributed by atoms with E-state index in [1.165, 1.54) is 0 Å². The summed E-state index contributed by atoms with van der Waals surface area (Å²) in [5.41, 5.74) is 1.43. The van der Waals surface area contributed by atoms with Crippen molar-refractivity contribution in [1.29, 1.82) is 0 Å². The molecule has 2 atom stereocenters. The molecular formula is C24H35N3O3. The third-order valence-electron chi connectivity index (χ3n) is 4.81. The van der Waals surface area contributed by atoms with E-state index < -0.39 is 11.7 Å². The molecule has 1 heterocycles. The number of rotatable bonds is 10. The summed E-state index contributed by atoms with van der Waals surface area (Å²) in [5, 5.41) is 6.58. The molecule has 2 rings (SSSR count). The molecular weight excluding hydrogens is 378 g/mol. The Balaban J connectivity index is 2.08. The number of benzene rings is 1. The summed E-state index contributed by atoms with van der Waals surface area (Å²) in [6.07, 6.45) is 4.02. The lowest BCUT2D eigenvalue weighted by atomic mass is 9.91. The molecule has 1 aromatic heterocycles. The van der Waals surface area contributed by atoms with Gasteiger partial charge in [0.1, 0.15) is 5.60 Å². The number of nitrogens with zero attached hydrogens (tertiary/aromatic N) is 1. The fourth-order valence-electron chi connectivity index (χ4n) is 3.31. The van der Waals surface area contributed by atoms with Crippen molar-refractivity contribution in [3.8, 4) is 0 Å². The second-order valence-corrected chi connectivity index (χ2v) is 8.83. The van der Waals surface area contributed by atoms with E-state index >= 15 is 0 Å². The van der Waals surface area contributed by atoms with E-state index in [0.717, 1.165) is 17.5 Å². The molecule has 0 saturated heterocycles. The predicted molar refractivity (Wildman–Crippen MR) is 119 cm³/mol. The SMILES string of the molecule is COCC(C)(NCC(CNC(=O)OC(C)(C)C)Cc1cccnc1)c1ccccc1. The van der Waals surface area contributed by atoms with Crippen LogP contribution in [-0.2, 0) is 21.4 Å². The number of carbonyl (C=O) groups excluding carboxylic acids is 1. The van der Waals surface area contributed by atoms with Crippen LogP contribution in [0.4, 0.5) is 4.79 Å². The largest absolute Gasteiger partial charge is 0.444 e. The van der Waals surface area contributed by atoms with Gasteiger partial charge >= 0.3 is 6.09 Å². The minimum Gasteiger partial charge on any atom is -0.444 e. The first-order chi connectivity index (χ1) is 14.2. The van der Waals surface area contributed by atoms with Crippen LogP contribution in [-0.4, -0.2) is 43.5 Å². The molecule has 30 heavy (non-hydrogen) atoms. The van der Waals surface area contributed by atoms with Crippen molar-refractivity contribution in [2.45, 2.75) is 45.3 Å². The Morgan fingerprint density at radius 2 is 1.80 bits per heavy atom. The van der Waals surface area contributed by atoms with Crippen LogP contribution < -0.4 is 10.6 Å². The molecule has 2 aromatic rings. The van der Waals surface area contributed by atoms with Crippen LogP contribution in [0, 0.1) is 5.92 Å². The van der Waals surface area contributed by atoms with Gasteiger partial charge in [0.2, 0.25) is 0 Å². The summed E-state index contributed by atoms with van der Waals surface area (Å²) < 4.78 is 10.9. The molecule has 0 aliphatic heterocycles. The van der Waals surface area contributed by atoms with Crippen molar-refractivity contribution in [2.75, 3.05) is 26.8 Å². The smallest absolute Gasteiger partial charge is 0.407 e. The minimum absolute atomic E-state index is 0.154. The summed E-state index contributed by atoms with van der Waals surface area (Å²) in [6.45, 7) is 9.43. The van der Waals surface area contributed by atoms with Gasteiger partial charge in [-0.2, -0.15) is 0 Å². The highest BCUT2D eigenvalue weighted by Crippen LogP contribution is 2.21. The second kappa shape index (κ2) is 11.1. The van der Waals surface area contributed by atoms with Gasteiger partial charge in [-0.15, -0.1) is 0 Å². The zero-order valence-electron chi connectivity index (χ0n) is 18.8. The average Bonchev–Trinajstić information content (AvgIpc) is 2.70. The van der Waals surface area contributed by atoms with Gasteiger partial charge in [-0.3, -0.25) is 4.98 Å². The molecule has 6 heteroatoms. The van der Waals surface area contributed by atoms with E-state index in [1.54, 1.807) is 13.3 Å². The summed E-state index contributed by atoms with van der Waals surface area (Å²) in [4.78, 5) is 16.4. The van der Waals surface area contributed by atoms with Gasteiger partial charge in [0, 0.05) is 32.6 Å². The van der Waals surface area contributed by atoms with Crippen LogP contribution >= 0.6 is 0 Å². The van der Waals surface area contributed by atoms with Gasteiger partial charge in [0.25, 0.3) is 0 Å². The van der Waals surface area contributed by atoms with Crippen molar-refractivity contribution in [2.24, 2.45) is 5.92 Å². The lowest BCUT2D eigenvalue weighted by Gasteiger charge is -2.33. The average molecular weight is 414 g/mol. The quantitative estimate of drug-likeness (QED) is 0.618. The molecule has 2 N–H and O–H groups in total. The third kappa shape index (κ3) is 8.13. The molecule has 1 aromatic carbocycles. The Morgan fingerprint density at radius 1 is 1.07 bits per heavy atom. The fourth-order valence-corrected chi connectivity index (χ4v) is 3.31. The molecule has 0 saturated carbocycles. The van der Waals surface area contributed by atoms with Crippen LogP contribution in [0.2, 0.25) is 0 Å². The molecule has 0 aliphatic carbocycles. The van der Waals surface area contributed by atoms with Crippen molar-refractivity contribution in [1.82, 2.24) is 15.6 Å². The third-order valence-corrected chi connectivity index (χ3v) is 4.81. The number of hydrogen-bond donors (Lipinski definition) is 2. The highest BCUT2D eigenvalue weighted by Gasteiger charge is 2.27. The Labute approximate surface area is 180 Å². The Bertz CT molecular complexity index is 762. The summed E-state index contributed by atoms with van der Waals surface area (Å²) in [5.74, 6) is 0.154. The maximum absolute atomic E-state index is 12.2. The Kier molecular flexibility index (Phi) is 8.81. The standard InChI is InChI=1S/C24H35N3O3/c1-23(2,3)30-22(28)26-16-20(14-19-10-9-13-25-15-19)17-27-24(4,18-29-5)21-11-7-6-8-12-21/h6-13,15,20,27H,14,16-18H2,1-5H3,(H,26,28). The van der Waals surface area contributed by atoms with Crippen LogP contribution in [0.5, 0.6) is 0 Å². The Morgan fingerprint density at radius 3 is 2.40 bits per heavy atom. The molecule has 0 spiro atoms. The molecule has 6 nitrogen and oxygen atoms in total. The first-order valence-corrected chi connectivity index (χ1v) is 10.4. The number of aromatic nitrogens is 1. The fraction of sp³-hybridized carbons (Fsp3) is 0.500. The first kappa shape index (κ1) is 23.8. The second-order valence-electron chi connectivity index (χ2n) is 8.83. The number of carbonyl (C=O) groups is 1. The highest BCUT2D eigenvalue weighted by atomic mass is 16.6. The number of methoxy groups -OCH3 is 1. The highest BCUT2D eigenvalue weighted by molar-refractivity contribution is 5.67. The first-order valence-electron chi connectivity index (χ1n) is 10.4. The number of amides is 1. The van der Waals surface area contributed by atoms with E-state index in [-0.39, 0.29) is 11.5 Å². The van der Waals surface area contributed by atoms with Gasteiger partial charge in [-0.05, 0) is 57.2 Å².